The second kappa shape index (κ2) is 30.8. The third kappa shape index (κ3) is 29.1. The van der Waals surface area contributed by atoms with Gasteiger partial charge in [0.05, 0.1) is 5.91 Å². The van der Waals surface area contributed by atoms with Gasteiger partial charge in [0.2, 0.25) is 0 Å². The van der Waals surface area contributed by atoms with Crippen LogP contribution in [-0.4, -0.2) is 54.3 Å². The van der Waals surface area contributed by atoms with Gasteiger partial charge in [0, 0.05) is 13.0 Å². The van der Waals surface area contributed by atoms with Gasteiger partial charge in [-0.25, -0.2) is 0 Å². The van der Waals surface area contributed by atoms with Crippen LogP contribution in [0.1, 0.15) is 124 Å². The number of unbranched alkanes of at least 4 members (excludes halogenated alkanes) is 8. The Kier molecular flexibility index (Phi) is 32.8. The van der Waals surface area contributed by atoms with Crippen molar-refractivity contribution in [2.24, 2.45) is 11.8 Å². The molecular formula is C29H55N2O3S2Tc+. The maximum atomic E-state index is 12.1. The molecule has 0 fully saturated rings. The molecule has 5 nitrogen and oxygen atoms in total. The van der Waals surface area contributed by atoms with Gasteiger partial charge in [-0.15, -0.1) is 0 Å². The molecule has 0 N–H and O–H groups in total. The molecule has 0 heterocycles. The summed E-state index contributed by atoms with van der Waals surface area (Å²) >= 11 is 11.0. The number of hydrogen-bond donors (Lipinski definition) is 0. The molecule has 0 aliphatic rings. The van der Waals surface area contributed by atoms with Crippen LogP contribution in [0.4, 0.5) is 0 Å². The molecule has 0 aromatic carbocycles. The molecule has 217 valence electrons. The van der Waals surface area contributed by atoms with Crippen molar-refractivity contribution in [1.82, 2.24) is 4.90 Å². The standard InChI is InChI=1S/C29H58N2O2S2.O.Tc/c1-4-5-6-7-8-9-12-16-28(17-13-10-11-15-26(2)24-27(3)32)18-14-20-31(21-23-35)25-29(33)30-19-22-34;;/h26,28H,4-25H2,1-3H3,(H3,30,33,34,35);;/q;;+4/p-3. The van der Waals surface area contributed by atoms with Crippen molar-refractivity contribution in [3.05, 3.63) is 5.32 Å². The molecule has 37 heavy (non-hydrogen) atoms. The molecule has 0 saturated heterocycles. The average molecular weight is 642 g/mol. The summed E-state index contributed by atoms with van der Waals surface area (Å²) in [6.07, 6.45) is 20.3. The molecule has 0 bridgehead atoms. The number of ketones is 1. The summed E-state index contributed by atoms with van der Waals surface area (Å²) in [6, 6.07) is 0. The van der Waals surface area contributed by atoms with Crippen molar-refractivity contribution in [1.29, 1.82) is 0 Å². The van der Waals surface area contributed by atoms with Crippen molar-refractivity contribution in [2.45, 2.75) is 124 Å². The summed E-state index contributed by atoms with van der Waals surface area (Å²) in [5.41, 5.74) is 0. The normalized spacial score (nSPS) is 12.6. The minimum atomic E-state index is -0.0584. The van der Waals surface area contributed by atoms with Crippen LogP contribution >= 0.6 is 0 Å². The first kappa shape index (κ1) is 39.4. The first-order chi connectivity index (χ1) is 17.9. The van der Waals surface area contributed by atoms with E-state index >= 15 is 0 Å². The monoisotopic (exact) mass is 640 g/mol. The van der Waals surface area contributed by atoms with Gasteiger partial charge in [-0.1, -0.05) is 97.3 Å². The summed E-state index contributed by atoms with van der Waals surface area (Å²) in [5.74, 6) is 2.71. The Bertz CT molecular complexity index is 529. The number of Topliss-reactive ketones (excluding diaryl/α,β-unsaturated/α-hetero) is 1. The zero-order chi connectivity index (χ0) is 28.2. The topological polar surface area (TPSA) is 68.6 Å². The van der Waals surface area contributed by atoms with Crippen LogP contribution in [0.2, 0.25) is 0 Å². The predicted octanol–water partition coefficient (Wildman–Crippen LogP) is 7.26. The van der Waals surface area contributed by atoms with Crippen molar-refractivity contribution in [2.75, 3.05) is 37.7 Å². The van der Waals surface area contributed by atoms with Gasteiger partial charge in [-0.05, 0) is 44.7 Å². The van der Waals surface area contributed by atoms with E-state index in [1.54, 1.807) is 6.92 Å². The summed E-state index contributed by atoms with van der Waals surface area (Å²) in [6.45, 7) is 8.72. The average Bonchev–Trinajstić information content (AvgIpc) is 2.87. The number of hydrogen-bond acceptors (Lipinski definition) is 6. The molecule has 0 aromatic heterocycles. The molecule has 0 rings (SSSR count). The van der Waals surface area contributed by atoms with Crippen molar-refractivity contribution >= 4 is 36.9 Å². The van der Waals surface area contributed by atoms with Gasteiger partial charge < -0.3 is 40.2 Å². The van der Waals surface area contributed by atoms with Gasteiger partial charge in [-0.2, -0.15) is 18.1 Å². The molecule has 0 radical (unpaired) electrons. The Morgan fingerprint density at radius 1 is 0.784 bits per heavy atom. The number of rotatable bonds is 26. The minimum absolute atomic E-state index is 0.0584. The summed E-state index contributed by atoms with van der Waals surface area (Å²) in [4.78, 5) is 25.5. The first-order valence-corrected chi connectivity index (χ1v) is 16.6. The Hall–Kier alpha value is 0.249. The SMILES string of the molecule is CCCCCCCCCC(CCCCCC(C)CC(C)=O)CCCN(CC[S-])CC(=O)[N-]CC[S-].[O]=[Tc+4]. The fourth-order valence-electron chi connectivity index (χ4n) is 4.93. The molecule has 0 aliphatic carbocycles. The van der Waals surface area contributed by atoms with Crippen molar-refractivity contribution < 1.29 is 31.9 Å². The van der Waals surface area contributed by atoms with Gasteiger partial charge in [-0.3, -0.25) is 4.90 Å². The van der Waals surface area contributed by atoms with E-state index in [2.05, 4.69) is 24.1 Å². The second-order valence-electron chi connectivity index (χ2n) is 10.5. The fourth-order valence-corrected chi connectivity index (χ4v) is 5.28. The molecule has 2 atom stereocenters. The fraction of sp³-hybridized carbons (Fsp3) is 0.931. The quantitative estimate of drug-likeness (QED) is 0.0732. The Balaban J connectivity index is 0. The Morgan fingerprint density at radius 3 is 1.89 bits per heavy atom. The zero-order valence-corrected chi connectivity index (χ0v) is 27.5. The van der Waals surface area contributed by atoms with E-state index in [1.165, 1.54) is 89.9 Å². The first-order valence-electron chi connectivity index (χ1n) is 14.7. The van der Waals surface area contributed by atoms with Crippen LogP contribution in [0.3, 0.4) is 0 Å². The van der Waals surface area contributed by atoms with Gasteiger partial charge >= 0.3 is 22.4 Å². The van der Waals surface area contributed by atoms with Crippen molar-refractivity contribution in [3.8, 4) is 0 Å². The van der Waals surface area contributed by atoms with Crippen LogP contribution in [0, 0.1) is 11.8 Å². The summed E-state index contributed by atoms with van der Waals surface area (Å²) < 4.78 is 8.22. The van der Waals surface area contributed by atoms with E-state index < -0.39 is 0 Å². The number of amides is 1. The predicted molar refractivity (Wildman–Crippen MR) is 158 cm³/mol. The van der Waals surface area contributed by atoms with Crippen LogP contribution in [-0.2, 0) is 57.2 Å². The van der Waals surface area contributed by atoms with Crippen LogP contribution < -0.4 is 0 Å². The molecule has 0 spiro atoms. The van der Waals surface area contributed by atoms with Gasteiger partial charge in [0.1, 0.15) is 5.78 Å². The maximum absolute atomic E-state index is 12.1. The molecule has 0 saturated carbocycles. The second-order valence-corrected chi connectivity index (χ2v) is 11.3. The van der Waals surface area contributed by atoms with E-state index in [0.717, 1.165) is 50.7 Å². The molecule has 2 unspecified atom stereocenters. The Morgan fingerprint density at radius 2 is 1.32 bits per heavy atom. The number of carbonyl (C=O) groups excluding carboxylic acids is 2. The van der Waals surface area contributed by atoms with E-state index in [1.807, 2.05) is 0 Å². The van der Waals surface area contributed by atoms with Crippen LogP contribution in [0.25, 0.3) is 5.32 Å². The van der Waals surface area contributed by atoms with Crippen LogP contribution in [0.15, 0.2) is 0 Å². The molecule has 0 aromatic rings. The summed E-state index contributed by atoms with van der Waals surface area (Å²) in [5, 5.41) is 4.03. The van der Waals surface area contributed by atoms with E-state index in [9.17, 15) is 9.59 Å². The summed E-state index contributed by atoms with van der Waals surface area (Å²) in [7, 11) is 0. The van der Waals surface area contributed by atoms with Crippen molar-refractivity contribution in [3.63, 3.8) is 0 Å². The van der Waals surface area contributed by atoms with Gasteiger partial charge in [0.25, 0.3) is 0 Å². The van der Waals surface area contributed by atoms with E-state index in [0.29, 0.717) is 36.3 Å². The number of nitrogens with zero attached hydrogens (tertiary/aromatic N) is 2. The third-order valence-electron chi connectivity index (χ3n) is 6.89. The van der Waals surface area contributed by atoms with Gasteiger partial charge in [0.15, 0.2) is 0 Å². The Labute approximate surface area is 251 Å². The molecule has 0 aliphatic heterocycles. The van der Waals surface area contributed by atoms with E-state index in [4.69, 9.17) is 28.8 Å². The molecule has 1 amide bonds. The third-order valence-corrected chi connectivity index (χ3v) is 7.26. The zero-order valence-electron chi connectivity index (χ0n) is 24.0. The molecular weight excluding hydrogens is 586 g/mol. The molecule has 8 heteroatoms. The van der Waals surface area contributed by atoms with E-state index in [-0.39, 0.29) is 5.91 Å². The number of carbonyl (C=O) groups is 2. The van der Waals surface area contributed by atoms with Crippen LogP contribution in [0.5, 0.6) is 0 Å².